The molecule has 0 atom stereocenters. The van der Waals surface area contributed by atoms with Crippen LogP contribution in [0.4, 0.5) is 0 Å². The average molecular weight is 353 g/mol. The summed E-state index contributed by atoms with van der Waals surface area (Å²) in [6, 6.07) is 1.64. The van der Waals surface area contributed by atoms with Crippen LogP contribution in [0.5, 0.6) is 0 Å². The lowest BCUT2D eigenvalue weighted by molar-refractivity contribution is 0.297. The van der Waals surface area contributed by atoms with E-state index in [1.165, 1.54) is 30.6 Å². The van der Waals surface area contributed by atoms with Gasteiger partial charge in [0.25, 0.3) is 0 Å². The standard InChI is InChI=1S/C11H17BrN2O2S2/c12-11-10(6-9(7-13)17-11)18(15,16)14-5-4-8-2-1-3-8/h6,8,14H,1-5,7,13H2. The Morgan fingerprint density at radius 3 is 2.72 bits per heavy atom. The normalized spacial score (nSPS) is 16.8. The highest BCUT2D eigenvalue weighted by molar-refractivity contribution is 9.11. The SMILES string of the molecule is NCc1cc(S(=O)(=O)NCCC2CCC2)c(Br)s1. The molecule has 1 aromatic rings. The van der Waals surface area contributed by atoms with Gasteiger partial charge in [0.1, 0.15) is 4.90 Å². The minimum absolute atomic E-state index is 0.307. The van der Waals surface area contributed by atoms with Gasteiger partial charge in [-0.25, -0.2) is 13.1 Å². The van der Waals surface area contributed by atoms with Gasteiger partial charge in [0.2, 0.25) is 10.0 Å². The summed E-state index contributed by atoms with van der Waals surface area (Å²) < 4.78 is 27.5. The summed E-state index contributed by atoms with van der Waals surface area (Å²) in [5.74, 6) is 0.707. The van der Waals surface area contributed by atoms with Gasteiger partial charge in [-0.05, 0) is 34.3 Å². The van der Waals surface area contributed by atoms with Gasteiger partial charge >= 0.3 is 0 Å². The fraction of sp³-hybridized carbons (Fsp3) is 0.636. The first-order valence-electron chi connectivity index (χ1n) is 6.01. The highest BCUT2D eigenvalue weighted by Gasteiger charge is 2.22. The van der Waals surface area contributed by atoms with Crippen LogP contribution in [0.3, 0.4) is 0 Å². The molecule has 18 heavy (non-hydrogen) atoms. The van der Waals surface area contributed by atoms with E-state index in [1.54, 1.807) is 6.07 Å². The summed E-state index contributed by atoms with van der Waals surface area (Å²) in [5, 5.41) is 0. The molecule has 1 fully saturated rings. The van der Waals surface area contributed by atoms with Crippen molar-refractivity contribution in [2.45, 2.75) is 37.1 Å². The smallest absolute Gasteiger partial charge is 0.242 e. The molecule has 1 heterocycles. The van der Waals surface area contributed by atoms with Crippen molar-refractivity contribution in [3.05, 3.63) is 14.7 Å². The maximum atomic E-state index is 12.1. The summed E-state index contributed by atoms with van der Waals surface area (Å²) in [4.78, 5) is 1.17. The molecule has 7 heteroatoms. The Morgan fingerprint density at radius 2 is 2.22 bits per heavy atom. The highest BCUT2D eigenvalue weighted by Crippen LogP contribution is 2.32. The van der Waals surface area contributed by atoms with Crippen LogP contribution >= 0.6 is 27.3 Å². The summed E-state index contributed by atoms with van der Waals surface area (Å²) >= 11 is 4.65. The molecular formula is C11H17BrN2O2S2. The van der Waals surface area contributed by atoms with E-state index in [2.05, 4.69) is 20.7 Å². The number of sulfonamides is 1. The number of nitrogens with two attached hydrogens (primary N) is 1. The Labute approximate surface area is 120 Å². The summed E-state index contributed by atoms with van der Waals surface area (Å²) in [5.41, 5.74) is 5.52. The summed E-state index contributed by atoms with van der Waals surface area (Å²) in [6.45, 7) is 0.883. The molecule has 0 spiro atoms. The maximum Gasteiger partial charge on any atom is 0.242 e. The fourth-order valence-electron chi connectivity index (χ4n) is 1.94. The second kappa shape index (κ2) is 6.00. The number of thiophene rings is 1. The predicted octanol–water partition coefficient (Wildman–Crippen LogP) is 2.44. The van der Waals surface area contributed by atoms with Crippen LogP contribution in [0.25, 0.3) is 0 Å². The molecule has 0 aromatic carbocycles. The Balaban J connectivity index is 1.97. The number of halogens is 1. The zero-order valence-electron chi connectivity index (χ0n) is 9.99. The quantitative estimate of drug-likeness (QED) is 0.825. The third-order valence-corrected chi connectivity index (χ3v) is 7.00. The highest BCUT2D eigenvalue weighted by atomic mass is 79.9. The van der Waals surface area contributed by atoms with Crippen molar-refractivity contribution in [1.29, 1.82) is 0 Å². The number of hydrogen-bond acceptors (Lipinski definition) is 4. The lowest BCUT2D eigenvalue weighted by Gasteiger charge is -2.25. The second-order valence-electron chi connectivity index (χ2n) is 4.54. The van der Waals surface area contributed by atoms with E-state index >= 15 is 0 Å². The fourth-order valence-corrected chi connectivity index (χ4v) is 5.55. The Morgan fingerprint density at radius 1 is 1.50 bits per heavy atom. The Kier molecular flexibility index (Phi) is 4.82. The lowest BCUT2D eigenvalue weighted by atomic mass is 9.83. The van der Waals surface area contributed by atoms with Gasteiger partial charge in [-0.2, -0.15) is 0 Å². The number of hydrogen-bond donors (Lipinski definition) is 2. The van der Waals surface area contributed by atoms with Gasteiger partial charge < -0.3 is 5.73 Å². The molecule has 0 aliphatic heterocycles. The van der Waals surface area contributed by atoms with Crippen LogP contribution in [0, 0.1) is 5.92 Å². The first-order chi connectivity index (χ1) is 8.53. The third kappa shape index (κ3) is 3.33. The molecule has 4 nitrogen and oxygen atoms in total. The van der Waals surface area contributed by atoms with Crippen LogP contribution in [0.1, 0.15) is 30.6 Å². The molecule has 1 aliphatic rings. The molecule has 1 aliphatic carbocycles. The molecule has 1 aromatic heterocycles. The van der Waals surface area contributed by atoms with Crippen molar-refractivity contribution in [2.24, 2.45) is 11.7 Å². The van der Waals surface area contributed by atoms with Crippen LogP contribution in [0.15, 0.2) is 14.7 Å². The van der Waals surface area contributed by atoms with Gasteiger partial charge in [-0.15, -0.1) is 11.3 Å². The van der Waals surface area contributed by atoms with E-state index in [-0.39, 0.29) is 0 Å². The topological polar surface area (TPSA) is 72.2 Å². The van der Waals surface area contributed by atoms with E-state index < -0.39 is 10.0 Å². The van der Waals surface area contributed by atoms with E-state index in [0.717, 1.165) is 11.3 Å². The van der Waals surface area contributed by atoms with E-state index in [9.17, 15) is 8.42 Å². The maximum absolute atomic E-state index is 12.1. The molecular weight excluding hydrogens is 336 g/mol. The van der Waals surface area contributed by atoms with Crippen molar-refractivity contribution in [3.63, 3.8) is 0 Å². The van der Waals surface area contributed by atoms with Crippen molar-refractivity contribution >= 4 is 37.3 Å². The molecule has 3 N–H and O–H groups in total. The summed E-state index contributed by atoms with van der Waals surface area (Å²) in [7, 11) is -3.40. The Bertz CT molecular complexity index is 509. The van der Waals surface area contributed by atoms with Gasteiger partial charge in [-0.3, -0.25) is 0 Å². The van der Waals surface area contributed by atoms with Gasteiger partial charge in [-0.1, -0.05) is 19.3 Å². The van der Waals surface area contributed by atoms with Gasteiger partial charge in [0.15, 0.2) is 0 Å². The molecule has 0 unspecified atom stereocenters. The molecule has 0 bridgehead atoms. The third-order valence-electron chi connectivity index (χ3n) is 3.27. The van der Waals surface area contributed by atoms with Crippen molar-refractivity contribution in [3.8, 4) is 0 Å². The van der Waals surface area contributed by atoms with Gasteiger partial charge in [0.05, 0.1) is 3.79 Å². The van der Waals surface area contributed by atoms with Crippen molar-refractivity contribution in [1.82, 2.24) is 4.72 Å². The number of nitrogens with one attached hydrogen (secondary N) is 1. The van der Waals surface area contributed by atoms with E-state index in [4.69, 9.17) is 5.73 Å². The molecule has 1 saturated carbocycles. The molecule has 0 saturated heterocycles. The lowest BCUT2D eigenvalue weighted by Crippen LogP contribution is -2.27. The van der Waals surface area contributed by atoms with Crippen LogP contribution in [-0.2, 0) is 16.6 Å². The van der Waals surface area contributed by atoms with Crippen LogP contribution in [0.2, 0.25) is 0 Å². The number of rotatable bonds is 6. The van der Waals surface area contributed by atoms with Crippen LogP contribution in [-0.4, -0.2) is 15.0 Å². The van der Waals surface area contributed by atoms with E-state index in [1.807, 2.05) is 0 Å². The largest absolute Gasteiger partial charge is 0.326 e. The first-order valence-corrected chi connectivity index (χ1v) is 9.10. The van der Waals surface area contributed by atoms with Crippen molar-refractivity contribution < 1.29 is 8.42 Å². The zero-order chi connectivity index (χ0) is 13.2. The minimum Gasteiger partial charge on any atom is -0.326 e. The summed E-state index contributed by atoms with van der Waals surface area (Å²) in [6.07, 6.45) is 4.69. The monoisotopic (exact) mass is 352 g/mol. The molecule has 0 amide bonds. The van der Waals surface area contributed by atoms with Crippen molar-refractivity contribution in [2.75, 3.05) is 6.54 Å². The molecule has 102 valence electrons. The van der Waals surface area contributed by atoms with Gasteiger partial charge in [0, 0.05) is 18.0 Å². The van der Waals surface area contributed by atoms with Crippen LogP contribution < -0.4 is 10.5 Å². The molecule has 2 rings (SSSR count). The first kappa shape index (κ1) is 14.5. The average Bonchev–Trinajstić information content (AvgIpc) is 2.64. The Hall–Kier alpha value is 0.0500. The predicted molar refractivity (Wildman–Crippen MR) is 77.1 cm³/mol. The molecule has 0 radical (unpaired) electrons. The zero-order valence-corrected chi connectivity index (χ0v) is 13.2. The minimum atomic E-state index is -3.40. The van der Waals surface area contributed by atoms with E-state index in [0.29, 0.717) is 27.7 Å². The second-order valence-corrected chi connectivity index (χ2v) is 8.73.